The van der Waals surface area contributed by atoms with E-state index in [9.17, 15) is 14.7 Å². The van der Waals surface area contributed by atoms with Crippen molar-refractivity contribution in [2.24, 2.45) is 17.8 Å². The first-order valence-corrected chi connectivity index (χ1v) is 13.5. The molecule has 2 heterocycles. The monoisotopic (exact) mass is 489 g/mol. The van der Waals surface area contributed by atoms with E-state index in [0.29, 0.717) is 12.3 Å². The zero-order valence-corrected chi connectivity index (χ0v) is 22.5. The molecule has 198 valence electrons. The fraction of sp³-hybridized carbons (Fsp3) is 0.724. The van der Waals surface area contributed by atoms with Gasteiger partial charge < -0.3 is 19.9 Å². The maximum Gasteiger partial charge on any atom is 0.303 e. The fourth-order valence-electron chi connectivity index (χ4n) is 4.88. The number of carbonyl (C=O) groups excluding carboxylic acids is 2. The van der Waals surface area contributed by atoms with E-state index < -0.39 is 0 Å². The highest BCUT2D eigenvalue weighted by Gasteiger charge is 2.44. The number of amides is 1. The van der Waals surface area contributed by atoms with Gasteiger partial charge in [-0.2, -0.15) is 0 Å². The normalized spacial score (nSPS) is 32.0. The average molecular weight is 490 g/mol. The molecule has 0 aliphatic carbocycles. The molecule has 6 heteroatoms. The molecular weight excluding hydrogens is 442 g/mol. The third-order valence-corrected chi connectivity index (χ3v) is 7.24. The second-order valence-electron chi connectivity index (χ2n) is 10.5. The highest BCUT2D eigenvalue weighted by Crippen LogP contribution is 2.36. The standard InChI is InChI=1S/C29H47NO5/c1-7-25(32)22(5)29-26(35-29)18-19(2)12-11-13-20(3)28-21(4)16-17-24(34-23(6)31)14-9-8-10-15-27(33)30-28/h11-13,16-17,19,21-22,24-26,28-29,32H,7-10,14-15,18H2,1-6H3,(H,30,33)/b12-11+,17-16+,20-13+. The van der Waals surface area contributed by atoms with Gasteiger partial charge in [0, 0.05) is 19.3 Å². The van der Waals surface area contributed by atoms with Crippen molar-refractivity contribution in [1.29, 1.82) is 0 Å². The molecule has 0 saturated carbocycles. The zero-order chi connectivity index (χ0) is 26.0. The SMILES string of the molecule is CCC(O)C(C)C1OC1CC(C)/C=C/C=C(\C)C1NC(=O)CCCCCC(OC(C)=O)/C=C/C1C. The lowest BCUT2D eigenvalue weighted by Gasteiger charge is -2.25. The summed E-state index contributed by atoms with van der Waals surface area (Å²) < 4.78 is 11.3. The van der Waals surface area contributed by atoms with Gasteiger partial charge in [-0.25, -0.2) is 0 Å². The molecule has 1 amide bonds. The summed E-state index contributed by atoms with van der Waals surface area (Å²) in [5, 5.41) is 13.3. The largest absolute Gasteiger partial charge is 0.458 e. The maximum absolute atomic E-state index is 12.6. The minimum absolute atomic E-state index is 0.0608. The van der Waals surface area contributed by atoms with Crippen LogP contribution in [0.4, 0.5) is 0 Å². The number of carbonyl (C=O) groups is 2. The van der Waals surface area contributed by atoms with Crippen LogP contribution in [0.3, 0.4) is 0 Å². The van der Waals surface area contributed by atoms with Crippen molar-refractivity contribution in [2.45, 2.75) is 117 Å². The molecule has 1 fully saturated rings. The van der Waals surface area contributed by atoms with Gasteiger partial charge in [-0.05, 0) is 56.9 Å². The second kappa shape index (κ2) is 14.6. The van der Waals surface area contributed by atoms with E-state index in [1.54, 1.807) is 0 Å². The molecule has 0 aromatic carbocycles. The molecule has 1 saturated heterocycles. The van der Waals surface area contributed by atoms with E-state index in [2.05, 4.69) is 50.4 Å². The topological polar surface area (TPSA) is 88.2 Å². The van der Waals surface area contributed by atoms with E-state index in [0.717, 1.165) is 44.1 Å². The van der Waals surface area contributed by atoms with Gasteiger partial charge in [-0.15, -0.1) is 0 Å². The summed E-state index contributed by atoms with van der Waals surface area (Å²) in [5.41, 5.74) is 1.08. The van der Waals surface area contributed by atoms with Gasteiger partial charge in [0.2, 0.25) is 5.91 Å². The molecule has 0 radical (unpaired) electrons. The minimum Gasteiger partial charge on any atom is -0.458 e. The average Bonchev–Trinajstić information content (AvgIpc) is 3.56. The van der Waals surface area contributed by atoms with Gasteiger partial charge >= 0.3 is 5.97 Å². The first-order valence-electron chi connectivity index (χ1n) is 13.5. The van der Waals surface area contributed by atoms with Gasteiger partial charge in [0.15, 0.2) is 0 Å². The molecule has 2 aliphatic heterocycles. The Morgan fingerprint density at radius 3 is 2.69 bits per heavy atom. The summed E-state index contributed by atoms with van der Waals surface area (Å²) in [4.78, 5) is 24.0. The molecule has 2 rings (SSSR count). The van der Waals surface area contributed by atoms with E-state index in [4.69, 9.17) is 9.47 Å². The fourth-order valence-corrected chi connectivity index (χ4v) is 4.88. The summed E-state index contributed by atoms with van der Waals surface area (Å²) in [5.74, 6) is 0.401. The second-order valence-corrected chi connectivity index (χ2v) is 10.5. The summed E-state index contributed by atoms with van der Waals surface area (Å²) >= 11 is 0. The predicted molar refractivity (Wildman–Crippen MR) is 140 cm³/mol. The molecule has 6 nitrogen and oxygen atoms in total. The number of aliphatic hydroxyl groups is 1. The molecule has 0 bridgehead atoms. The van der Waals surface area contributed by atoms with E-state index in [1.165, 1.54) is 6.92 Å². The van der Waals surface area contributed by atoms with E-state index in [-0.39, 0.29) is 54.2 Å². The Kier molecular flexibility index (Phi) is 12.2. The summed E-state index contributed by atoms with van der Waals surface area (Å²) in [6.45, 7) is 11.8. The molecular formula is C29H47NO5. The minimum atomic E-state index is -0.303. The van der Waals surface area contributed by atoms with Crippen LogP contribution in [-0.4, -0.2) is 47.4 Å². The van der Waals surface area contributed by atoms with Crippen molar-refractivity contribution in [3.63, 3.8) is 0 Å². The molecule has 8 atom stereocenters. The van der Waals surface area contributed by atoms with Crippen LogP contribution in [0.25, 0.3) is 0 Å². The molecule has 0 aromatic rings. The van der Waals surface area contributed by atoms with E-state index in [1.807, 2.05) is 19.9 Å². The number of aliphatic hydroxyl groups excluding tert-OH is 1. The van der Waals surface area contributed by atoms with Gasteiger partial charge in [-0.1, -0.05) is 64.0 Å². The number of rotatable bonds is 9. The number of allylic oxidation sites excluding steroid dienone is 3. The molecule has 2 aliphatic rings. The van der Waals surface area contributed by atoms with Gasteiger partial charge in [0.25, 0.3) is 0 Å². The lowest BCUT2D eigenvalue weighted by Crippen LogP contribution is -2.39. The Morgan fingerprint density at radius 1 is 1.26 bits per heavy atom. The van der Waals surface area contributed by atoms with Gasteiger partial charge in [-0.3, -0.25) is 9.59 Å². The van der Waals surface area contributed by atoms with Crippen molar-refractivity contribution in [2.75, 3.05) is 0 Å². The highest BCUT2D eigenvalue weighted by atomic mass is 16.6. The van der Waals surface area contributed by atoms with Crippen molar-refractivity contribution in [1.82, 2.24) is 5.32 Å². The van der Waals surface area contributed by atoms with Crippen molar-refractivity contribution in [3.8, 4) is 0 Å². The first kappa shape index (κ1) is 29.3. The lowest BCUT2D eigenvalue weighted by molar-refractivity contribution is -0.144. The Labute approximate surface area is 212 Å². The van der Waals surface area contributed by atoms with Crippen LogP contribution in [0, 0.1) is 17.8 Å². The van der Waals surface area contributed by atoms with Crippen molar-refractivity contribution in [3.05, 3.63) is 36.0 Å². The van der Waals surface area contributed by atoms with Crippen LogP contribution in [0.1, 0.15) is 86.5 Å². The summed E-state index contributed by atoms with van der Waals surface area (Å²) in [7, 11) is 0. The Bertz CT molecular complexity index is 773. The number of esters is 1. The highest BCUT2D eigenvalue weighted by molar-refractivity contribution is 5.76. The summed E-state index contributed by atoms with van der Waals surface area (Å²) in [6.07, 6.45) is 15.9. The van der Waals surface area contributed by atoms with Crippen LogP contribution in [0.2, 0.25) is 0 Å². The van der Waals surface area contributed by atoms with E-state index >= 15 is 0 Å². The Hall–Kier alpha value is -1.92. The van der Waals surface area contributed by atoms with Gasteiger partial charge in [0.05, 0.1) is 24.4 Å². The number of ether oxygens (including phenoxy) is 2. The molecule has 0 aromatic heterocycles. The molecule has 35 heavy (non-hydrogen) atoms. The Morgan fingerprint density at radius 2 is 2.00 bits per heavy atom. The number of epoxide rings is 1. The van der Waals surface area contributed by atoms with Crippen molar-refractivity contribution >= 4 is 11.9 Å². The lowest BCUT2D eigenvalue weighted by atomic mass is 9.92. The number of hydrogen-bond donors (Lipinski definition) is 2. The number of hydrogen-bond acceptors (Lipinski definition) is 5. The third-order valence-electron chi connectivity index (χ3n) is 7.24. The van der Waals surface area contributed by atoms with Crippen LogP contribution in [0.15, 0.2) is 36.0 Å². The predicted octanol–water partition coefficient (Wildman–Crippen LogP) is 5.26. The van der Waals surface area contributed by atoms with Crippen molar-refractivity contribution < 1.29 is 24.2 Å². The maximum atomic E-state index is 12.6. The molecule has 0 spiro atoms. The van der Waals surface area contributed by atoms with Crippen LogP contribution < -0.4 is 5.32 Å². The first-order chi connectivity index (χ1) is 16.6. The third kappa shape index (κ3) is 10.3. The van der Waals surface area contributed by atoms with Crippen LogP contribution in [-0.2, 0) is 19.1 Å². The smallest absolute Gasteiger partial charge is 0.303 e. The van der Waals surface area contributed by atoms with Crippen LogP contribution >= 0.6 is 0 Å². The molecule has 8 unspecified atom stereocenters. The van der Waals surface area contributed by atoms with Gasteiger partial charge in [0.1, 0.15) is 6.10 Å². The Balaban J connectivity index is 2.00. The summed E-state index contributed by atoms with van der Waals surface area (Å²) in [6, 6.07) is -0.122. The zero-order valence-electron chi connectivity index (χ0n) is 22.5. The number of nitrogens with one attached hydrogen (secondary N) is 1. The quantitative estimate of drug-likeness (QED) is 0.200. The van der Waals surface area contributed by atoms with Crippen LogP contribution in [0.5, 0.6) is 0 Å². The molecule has 2 N–H and O–H groups in total.